The standard InChI is InChI=1S/C25H27N7O/c1-16(2)11-12-31-17(3)24(33)32(20-7-5-4-6-8-20)22-15-26-25(29-23(22)31)28-19-9-10-21-18(13-19)14-27-30-21/h4-10,13-17H,11-12H2,1-3H3,(H,27,30)(H,26,28,29)/t17-/m1/s1. The molecule has 4 aromatic rings. The van der Waals surface area contributed by atoms with Crippen molar-refractivity contribution in [2.24, 2.45) is 5.92 Å². The van der Waals surface area contributed by atoms with Gasteiger partial charge >= 0.3 is 0 Å². The van der Waals surface area contributed by atoms with E-state index in [1.807, 2.05) is 55.5 Å². The van der Waals surface area contributed by atoms with Crippen LogP contribution in [0.5, 0.6) is 0 Å². The summed E-state index contributed by atoms with van der Waals surface area (Å²) in [6.45, 7) is 7.07. The number of benzene rings is 2. The lowest BCUT2D eigenvalue weighted by Gasteiger charge is -2.40. The van der Waals surface area contributed by atoms with Gasteiger partial charge in [-0.2, -0.15) is 10.1 Å². The number of fused-ring (bicyclic) bond motifs is 2. The van der Waals surface area contributed by atoms with Gasteiger partial charge in [0.15, 0.2) is 5.82 Å². The van der Waals surface area contributed by atoms with Crippen LogP contribution in [-0.2, 0) is 4.79 Å². The Labute approximate surface area is 192 Å². The molecular formula is C25H27N7O. The number of aromatic nitrogens is 4. The van der Waals surface area contributed by atoms with Crippen molar-refractivity contribution >= 4 is 45.6 Å². The number of nitrogens with zero attached hydrogens (tertiary/aromatic N) is 5. The normalized spacial score (nSPS) is 15.9. The van der Waals surface area contributed by atoms with Crippen molar-refractivity contribution < 1.29 is 4.79 Å². The fourth-order valence-electron chi connectivity index (χ4n) is 4.11. The molecule has 1 amide bonds. The summed E-state index contributed by atoms with van der Waals surface area (Å²) in [6, 6.07) is 15.3. The molecule has 0 saturated carbocycles. The van der Waals surface area contributed by atoms with E-state index in [0.29, 0.717) is 17.6 Å². The zero-order valence-corrected chi connectivity index (χ0v) is 19.0. The van der Waals surface area contributed by atoms with Gasteiger partial charge in [-0.15, -0.1) is 0 Å². The summed E-state index contributed by atoms with van der Waals surface area (Å²) in [6.07, 6.45) is 4.49. The van der Waals surface area contributed by atoms with Gasteiger partial charge in [0.25, 0.3) is 5.91 Å². The molecule has 1 aliphatic heterocycles. The minimum Gasteiger partial charge on any atom is -0.343 e. The van der Waals surface area contributed by atoms with E-state index in [1.54, 1.807) is 17.3 Å². The molecule has 5 rings (SSSR count). The number of amides is 1. The third-order valence-electron chi connectivity index (χ3n) is 5.97. The number of hydrogen-bond acceptors (Lipinski definition) is 6. The molecule has 1 atom stereocenters. The van der Waals surface area contributed by atoms with E-state index < -0.39 is 0 Å². The number of carbonyl (C=O) groups is 1. The Balaban J connectivity index is 1.55. The summed E-state index contributed by atoms with van der Waals surface area (Å²) < 4.78 is 0. The molecule has 0 radical (unpaired) electrons. The highest BCUT2D eigenvalue weighted by Crippen LogP contribution is 2.39. The lowest BCUT2D eigenvalue weighted by molar-refractivity contribution is -0.119. The molecule has 0 aliphatic carbocycles. The third-order valence-corrected chi connectivity index (χ3v) is 5.97. The lowest BCUT2D eigenvalue weighted by Crippen LogP contribution is -2.51. The van der Waals surface area contributed by atoms with Crippen LogP contribution in [-0.4, -0.2) is 38.7 Å². The molecule has 1 aliphatic rings. The van der Waals surface area contributed by atoms with Crippen LogP contribution in [0.1, 0.15) is 27.2 Å². The fraction of sp³-hybridized carbons (Fsp3) is 0.280. The molecule has 8 heteroatoms. The fourth-order valence-corrected chi connectivity index (χ4v) is 4.11. The first-order valence-corrected chi connectivity index (χ1v) is 11.2. The summed E-state index contributed by atoms with van der Waals surface area (Å²) in [5.41, 5.74) is 3.35. The SMILES string of the molecule is CC(C)CCN1c2nc(Nc3ccc4[nH]ncc4c3)ncc2N(c2ccccc2)C(=O)[C@H]1C. The summed E-state index contributed by atoms with van der Waals surface area (Å²) in [7, 11) is 0. The van der Waals surface area contributed by atoms with E-state index in [2.05, 4.69) is 39.2 Å². The van der Waals surface area contributed by atoms with Gasteiger partial charge in [0.1, 0.15) is 11.7 Å². The van der Waals surface area contributed by atoms with Crippen LogP contribution < -0.4 is 15.1 Å². The van der Waals surface area contributed by atoms with Crippen LogP contribution in [0, 0.1) is 5.92 Å². The number of H-pyrrole nitrogens is 1. The molecule has 3 heterocycles. The number of aromatic amines is 1. The predicted octanol–water partition coefficient (Wildman–Crippen LogP) is 5.02. The first-order valence-electron chi connectivity index (χ1n) is 11.2. The van der Waals surface area contributed by atoms with Gasteiger partial charge in [0.2, 0.25) is 5.95 Å². The van der Waals surface area contributed by atoms with E-state index in [0.717, 1.165) is 41.1 Å². The molecule has 8 nitrogen and oxygen atoms in total. The number of para-hydroxylation sites is 1. The first kappa shape index (κ1) is 20.9. The number of nitrogens with one attached hydrogen (secondary N) is 2. The maximum atomic E-state index is 13.4. The van der Waals surface area contributed by atoms with Gasteiger partial charge in [0, 0.05) is 23.3 Å². The number of rotatable bonds is 6. The van der Waals surface area contributed by atoms with Crippen molar-refractivity contribution in [2.45, 2.75) is 33.2 Å². The highest BCUT2D eigenvalue weighted by Gasteiger charge is 2.37. The average molecular weight is 442 g/mol. The van der Waals surface area contributed by atoms with Gasteiger partial charge in [-0.05, 0) is 49.6 Å². The molecule has 0 bridgehead atoms. The molecule has 2 N–H and O–H groups in total. The molecule has 168 valence electrons. The quantitative estimate of drug-likeness (QED) is 0.437. The van der Waals surface area contributed by atoms with Crippen molar-refractivity contribution in [3.63, 3.8) is 0 Å². The van der Waals surface area contributed by atoms with Gasteiger partial charge in [-0.3, -0.25) is 14.8 Å². The minimum atomic E-state index is -0.332. The molecule has 2 aromatic carbocycles. The third kappa shape index (κ3) is 4.00. The van der Waals surface area contributed by atoms with Crippen molar-refractivity contribution in [3.05, 3.63) is 60.9 Å². The zero-order valence-electron chi connectivity index (χ0n) is 19.0. The molecule has 0 fully saturated rings. The van der Waals surface area contributed by atoms with Crippen molar-refractivity contribution in [3.8, 4) is 0 Å². The summed E-state index contributed by atoms with van der Waals surface area (Å²) in [5.74, 6) is 1.78. The van der Waals surface area contributed by atoms with E-state index in [9.17, 15) is 4.79 Å². The Hall–Kier alpha value is -3.94. The van der Waals surface area contributed by atoms with Crippen LogP contribution in [0.2, 0.25) is 0 Å². The molecule has 0 spiro atoms. The highest BCUT2D eigenvalue weighted by molar-refractivity contribution is 6.09. The Morgan fingerprint density at radius 1 is 1.12 bits per heavy atom. The maximum Gasteiger partial charge on any atom is 0.254 e. The second-order valence-corrected chi connectivity index (χ2v) is 8.76. The number of hydrogen-bond donors (Lipinski definition) is 2. The minimum absolute atomic E-state index is 0.0205. The average Bonchev–Trinajstić information content (AvgIpc) is 3.28. The van der Waals surface area contributed by atoms with Crippen LogP contribution in [0.25, 0.3) is 10.9 Å². The van der Waals surface area contributed by atoms with Crippen LogP contribution in [0.4, 0.5) is 28.8 Å². The van der Waals surface area contributed by atoms with Crippen molar-refractivity contribution in [1.29, 1.82) is 0 Å². The summed E-state index contributed by atoms with van der Waals surface area (Å²) in [5, 5.41) is 11.3. The zero-order chi connectivity index (χ0) is 22.9. The predicted molar refractivity (Wildman–Crippen MR) is 131 cm³/mol. The van der Waals surface area contributed by atoms with Gasteiger partial charge in [-0.1, -0.05) is 32.0 Å². The number of carbonyl (C=O) groups excluding carboxylic acids is 1. The smallest absolute Gasteiger partial charge is 0.254 e. The van der Waals surface area contributed by atoms with E-state index >= 15 is 0 Å². The van der Waals surface area contributed by atoms with Gasteiger partial charge in [0.05, 0.1) is 17.9 Å². The largest absolute Gasteiger partial charge is 0.343 e. The Bertz CT molecular complexity index is 1280. The summed E-state index contributed by atoms with van der Waals surface area (Å²) >= 11 is 0. The Morgan fingerprint density at radius 3 is 2.73 bits per heavy atom. The van der Waals surface area contributed by atoms with E-state index in [4.69, 9.17) is 4.98 Å². The molecule has 0 saturated heterocycles. The maximum absolute atomic E-state index is 13.4. The molecular weight excluding hydrogens is 414 g/mol. The molecule has 0 unspecified atom stereocenters. The van der Waals surface area contributed by atoms with E-state index in [1.165, 1.54) is 0 Å². The molecule has 33 heavy (non-hydrogen) atoms. The topological polar surface area (TPSA) is 90.0 Å². The van der Waals surface area contributed by atoms with Gasteiger partial charge < -0.3 is 10.2 Å². The first-order chi connectivity index (χ1) is 16.0. The van der Waals surface area contributed by atoms with Crippen molar-refractivity contribution in [2.75, 3.05) is 21.7 Å². The van der Waals surface area contributed by atoms with E-state index in [-0.39, 0.29) is 11.9 Å². The Kier molecular flexibility index (Phi) is 5.42. The molecule has 2 aromatic heterocycles. The summed E-state index contributed by atoms with van der Waals surface area (Å²) in [4.78, 5) is 26.7. The van der Waals surface area contributed by atoms with Crippen LogP contribution in [0.15, 0.2) is 60.9 Å². The van der Waals surface area contributed by atoms with Crippen LogP contribution >= 0.6 is 0 Å². The second-order valence-electron chi connectivity index (χ2n) is 8.76. The van der Waals surface area contributed by atoms with Crippen LogP contribution in [0.3, 0.4) is 0 Å². The Morgan fingerprint density at radius 2 is 1.94 bits per heavy atom. The highest BCUT2D eigenvalue weighted by atomic mass is 16.2. The lowest BCUT2D eigenvalue weighted by atomic mass is 10.1. The van der Waals surface area contributed by atoms with Crippen molar-refractivity contribution in [1.82, 2.24) is 20.2 Å². The van der Waals surface area contributed by atoms with Gasteiger partial charge in [-0.25, -0.2) is 4.98 Å². The monoisotopic (exact) mass is 441 g/mol. The number of anilines is 5. The second kappa shape index (κ2) is 8.54.